The van der Waals surface area contributed by atoms with E-state index in [1.54, 1.807) is 6.21 Å². The number of H-pyrrole nitrogens is 1. The largest absolute Gasteiger partial charge is 0.492 e. The van der Waals surface area contributed by atoms with E-state index in [2.05, 4.69) is 15.0 Å². The lowest BCUT2D eigenvalue weighted by Gasteiger charge is -2.00. The van der Waals surface area contributed by atoms with Gasteiger partial charge in [0.1, 0.15) is 11.5 Å². The van der Waals surface area contributed by atoms with Crippen LogP contribution in [0.4, 0.5) is 5.69 Å². The standard InChI is InChI=1S/C20H16ClN3O/c21-15-5-3-4-13(10-15)8-9-19-23-18(20(25)24-19)11-14-12-22-17-7-2-1-6-16(14)17/h1-7,10-12,25H,8-9H2,(H,23,24)/b14-11+. The third-order valence-corrected chi connectivity index (χ3v) is 4.39. The van der Waals surface area contributed by atoms with Crippen molar-refractivity contribution in [3.8, 4) is 5.88 Å². The first-order valence-electron chi connectivity index (χ1n) is 8.06. The first-order chi connectivity index (χ1) is 12.2. The predicted molar refractivity (Wildman–Crippen MR) is 102 cm³/mol. The second-order valence-corrected chi connectivity index (χ2v) is 6.36. The Kier molecular flexibility index (Phi) is 4.12. The summed E-state index contributed by atoms with van der Waals surface area (Å²) in [6.45, 7) is 0. The molecule has 2 N–H and O–H groups in total. The van der Waals surface area contributed by atoms with Crippen molar-refractivity contribution in [3.05, 3.63) is 76.2 Å². The number of nitrogens with one attached hydrogen (secondary N) is 1. The number of aromatic hydroxyl groups is 1. The van der Waals surface area contributed by atoms with Gasteiger partial charge in [0, 0.05) is 28.8 Å². The third-order valence-electron chi connectivity index (χ3n) is 4.16. The minimum absolute atomic E-state index is 0.00590. The molecule has 0 fully saturated rings. The second-order valence-electron chi connectivity index (χ2n) is 5.93. The van der Waals surface area contributed by atoms with Gasteiger partial charge in [-0.2, -0.15) is 4.98 Å². The Balaban J connectivity index is 1.53. The number of para-hydroxylation sites is 1. The van der Waals surface area contributed by atoms with Crippen molar-refractivity contribution in [2.24, 2.45) is 4.99 Å². The zero-order valence-corrected chi connectivity index (χ0v) is 14.2. The van der Waals surface area contributed by atoms with Gasteiger partial charge in [-0.1, -0.05) is 41.9 Å². The minimum Gasteiger partial charge on any atom is -0.492 e. The van der Waals surface area contributed by atoms with E-state index in [4.69, 9.17) is 11.6 Å². The van der Waals surface area contributed by atoms with E-state index in [1.165, 1.54) is 0 Å². The summed E-state index contributed by atoms with van der Waals surface area (Å²) in [5.74, 6) is 0.749. The van der Waals surface area contributed by atoms with E-state index in [9.17, 15) is 5.11 Å². The van der Waals surface area contributed by atoms with E-state index in [1.807, 2.05) is 54.6 Å². The van der Waals surface area contributed by atoms with Crippen LogP contribution in [0.3, 0.4) is 0 Å². The van der Waals surface area contributed by atoms with Crippen molar-refractivity contribution in [2.45, 2.75) is 12.8 Å². The van der Waals surface area contributed by atoms with Crippen molar-refractivity contribution < 1.29 is 5.11 Å². The number of aryl methyl sites for hydroxylation is 2. The van der Waals surface area contributed by atoms with Gasteiger partial charge in [-0.15, -0.1) is 0 Å². The van der Waals surface area contributed by atoms with Crippen molar-refractivity contribution in [1.82, 2.24) is 9.97 Å². The summed E-state index contributed by atoms with van der Waals surface area (Å²) >= 11 is 6.01. The fourth-order valence-corrected chi connectivity index (χ4v) is 3.12. The summed E-state index contributed by atoms with van der Waals surface area (Å²) in [5.41, 5.74) is 4.68. The van der Waals surface area contributed by atoms with E-state index in [-0.39, 0.29) is 5.88 Å². The molecule has 0 radical (unpaired) electrons. The molecule has 0 atom stereocenters. The molecular weight excluding hydrogens is 334 g/mol. The average molecular weight is 350 g/mol. The Hall–Kier alpha value is -2.85. The Morgan fingerprint density at radius 2 is 1.96 bits per heavy atom. The molecule has 0 aliphatic carbocycles. The van der Waals surface area contributed by atoms with E-state index < -0.39 is 0 Å². The highest BCUT2D eigenvalue weighted by Gasteiger charge is 2.14. The molecule has 4 nitrogen and oxygen atoms in total. The van der Waals surface area contributed by atoms with Crippen LogP contribution in [0.15, 0.2) is 53.5 Å². The molecule has 1 aliphatic heterocycles. The van der Waals surface area contributed by atoms with Gasteiger partial charge in [0.05, 0.1) is 5.69 Å². The zero-order chi connectivity index (χ0) is 17.2. The maximum atomic E-state index is 10.1. The lowest BCUT2D eigenvalue weighted by molar-refractivity contribution is 0.454. The van der Waals surface area contributed by atoms with E-state index >= 15 is 0 Å². The van der Waals surface area contributed by atoms with Crippen LogP contribution < -0.4 is 0 Å². The van der Waals surface area contributed by atoms with Gasteiger partial charge in [0.2, 0.25) is 5.88 Å². The van der Waals surface area contributed by atoms with Crippen LogP contribution in [-0.4, -0.2) is 21.3 Å². The number of aromatic amines is 1. The Labute approximate surface area is 150 Å². The van der Waals surface area contributed by atoms with Gasteiger partial charge in [0.15, 0.2) is 0 Å². The van der Waals surface area contributed by atoms with Crippen molar-refractivity contribution in [1.29, 1.82) is 0 Å². The summed E-state index contributed by atoms with van der Waals surface area (Å²) < 4.78 is 0. The van der Waals surface area contributed by atoms with Crippen molar-refractivity contribution in [3.63, 3.8) is 0 Å². The molecule has 0 saturated carbocycles. The lowest BCUT2D eigenvalue weighted by Crippen LogP contribution is -1.93. The van der Waals surface area contributed by atoms with Crippen LogP contribution in [-0.2, 0) is 12.8 Å². The molecule has 25 heavy (non-hydrogen) atoms. The predicted octanol–water partition coefficient (Wildman–Crippen LogP) is 4.81. The molecule has 1 aliphatic rings. The molecule has 0 spiro atoms. The average Bonchev–Trinajstić information content (AvgIpc) is 3.18. The highest BCUT2D eigenvalue weighted by atomic mass is 35.5. The Bertz CT molecular complexity index is 988. The number of aliphatic imine (C=N–C) groups is 1. The number of halogens is 1. The molecular formula is C20H16ClN3O. The van der Waals surface area contributed by atoms with Gasteiger partial charge in [-0.3, -0.25) is 4.99 Å². The topological polar surface area (TPSA) is 61.3 Å². The lowest BCUT2D eigenvalue weighted by atomic mass is 10.1. The molecule has 5 heteroatoms. The van der Waals surface area contributed by atoms with Crippen molar-refractivity contribution in [2.75, 3.05) is 0 Å². The summed E-state index contributed by atoms with van der Waals surface area (Å²) in [7, 11) is 0. The van der Waals surface area contributed by atoms with Gasteiger partial charge < -0.3 is 10.1 Å². The maximum absolute atomic E-state index is 10.1. The molecule has 0 saturated heterocycles. The molecule has 4 rings (SSSR count). The van der Waals surface area contributed by atoms with Gasteiger partial charge in [-0.25, -0.2) is 0 Å². The van der Waals surface area contributed by atoms with Crippen LogP contribution in [0.25, 0.3) is 11.6 Å². The quantitative estimate of drug-likeness (QED) is 0.710. The van der Waals surface area contributed by atoms with Gasteiger partial charge in [-0.05, 0) is 36.3 Å². The molecule has 124 valence electrons. The number of aromatic nitrogens is 2. The number of fused-ring (bicyclic) bond motifs is 1. The highest BCUT2D eigenvalue weighted by Crippen LogP contribution is 2.33. The summed E-state index contributed by atoms with van der Waals surface area (Å²) in [5, 5.41) is 10.9. The molecule has 1 aromatic heterocycles. The first kappa shape index (κ1) is 15.7. The van der Waals surface area contributed by atoms with Gasteiger partial charge >= 0.3 is 0 Å². The fourth-order valence-electron chi connectivity index (χ4n) is 2.91. The van der Waals surface area contributed by atoms with Crippen LogP contribution in [0.2, 0.25) is 5.02 Å². The molecule has 0 amide bonds. The number of imidazole rings is 1. The summed E-state index contributed by atoms with van der Waals surface area (Å²) in [6, 6.07) is 15.7. The molecule has 0 bridgehead atoms. The molecule has 2 aromatic carbocycles. The monoisotopic (exact) mass is 349 g/mol. The number of benzene rings is 2. The van der Waals surface area contributed by atoms with Crippen LogP contribution in [0.1, 0.15) is 22.6 Å². The third kappa shape index (κ3) is 3.35. The first-order valence-corrected chi connectivity index (χ1v) is 8.44. The molecule has 3 aromatic rings. The molecule has 0 unspecified atom stereocenters. The van der Waals surface area contributed by atoms with Crippen molar-refractivity contribution >= 4 is 35.2 Å². The SMILES string of the molecule is Oc1nc(CCc2cccc(Cl)c2)[nH]c1/C=C1\C=Nc2ccccc21. The van der Waals surface area contributed by atoms with Crippen LogP contribution in [0.5, 0.6) is 5.88 Å². The summed E-state index contributed by atoms with van der Waals surface area (Å²) in [4.78, 5) is 11.8. The fraction of sp³-hybridized carbons (Fsp3) is 0.100. The van der Waals surface area contributed by atoms with E-state index in [0.717, 1.165) is 39.7 Å². The Morgan fingerprint density at radius 3 is 2.84 bits per heavy atom. The van der Waals surface area contributed by atoms with E-state index in [0.29, 0.717) is 12.1 Å². The highest BCUT2D eigenvalue weighted by molar-refractivity contribution is 6.30. The maximum Gasteiger partial charge on any atom is 0.237 e. The normalized spacial score (nSPS) is 14.2. The number of rotatable bonds is 4. The van der Waals surface area contributed by atoms with Gasteiger partial charge in [0.25, 0.3) is 0 Å². The number of nitrogens with zero attached hydrogens (tertiary/aromatic N) is 2. The Morgan fingerprint density at radius 1 is 1.08 bits per heavy atom. The number of hydrogen-bond donors (Lipinski definition) is 2. The van der Waals surface area contributed by atoms with Crippen LogP contribution in [0, 0.1) is 0 Å². The number of hydrogen-bond acceptors (Lipinski definition) is 3. The smallest absolute Gasteiger partial charge is 0.237 e. The zero-order valence-electron chi connectivity index (χ0n) is 13.4. The number of allylic oxidation sites excluding steroid dienone is 1. The van der Waals surface area contributed by atoms with Crippen LogP contribution >= 0.6 is 11.6 Å². The minimum atomic E-state index is 0.00590. The summed E-state index contributed by atoms with van der Waals surface area (Å²) in [6.07, 6.45) is 5.17. The molecule has 2 heterocycles. The second kappa shape index (κ2) is 6.57.